The molecule has 0 saturated heterocycles. The van der Waals surface area contributed by atoms with E-state index in [2.05, 4.69) is 20.4 Å². The average Bonchev–Trinajstić information content (AvgIpc) is 3.55. The summed E-state index contributed by atoms with van der Waals surface area (Å²) in [5.41, 5.74) is 13.5. The molecule has 0 radical (unpaired) electrons. The third kappa shape index (κ3) is 3.52. The van der Waals surface area contributed by atoms with Crippen LogP contribution in [-0.2, 0) is 13.1 Å². The van der Waals surface area contributed by atoms with E-state index in [-0.39, 0.29) is 47.1 Å². The van der Waals surface area contributed by atoms with Crippen LogP contribution in [0.4, 0.5) is 11.6 Å². The van der Waals surface area contributed by atoms with Crippen molar-refractivity contribution in [3.63, 3.8) is 0 Å². The first-order valence-electron chi connectivity index (χ1n) is 12.2. The van der Waals surface area contributed by atoms with E-state index in [0.29, 0.717) is 33.0 Å². The summed E-state index contributed by atoms with van der Waals surface area (Å²) in [4.78, 5) is 27.2. The fraction of sp³-hybridized carbons (Fsp3) is 0.0714. The SMILES string of the molecule is N#Cc1c(-c2ccccc2)c2c(N)[nH]nc2n(CCn2c(=O)c(C#N)c(-c3ccccc3)c3c(N)[nH]nc32)c1=O. The highest BCUT2D eigenvalue weighted by atomic mass is 16.1. The van der Waals surface area contributed by atoms with Crippen molar-refractivity contribution in [1.82, 2.24) is 29.5 Å². The highest BCUT2D eigenvalue weighted by Gasteiger charge is 2.25. The van der Waals surface area contributed by atoms with Gasteiger partial charge in [0.15, 0.2) is 11.3 Å². The van der Waals surface area contributed by atoms with Crippen LogP contribution in [0.5, 0.6) is 0 Å². The number of pyridine rings is 2. The van der Waals surface area contributed by atoms with E-state index in [0.717, 1.165) is 0 Å². The Morgan fingerprint density at radius 3 is 1.40 bits per heavy atom. The summed E-state index contributed by atoms with van der Waals surface area (Å²) in [5, 5.41) is 34.7. The maximum atomic E-state index is 13.6. The van der Waals surface area contributed by atoms with Crippen molar-refractivity contribution in [3.8, 4) is 34.4 Å². The second kappa shape index (κ2) is 9.31. The molecule has 0 amide bonds. The monoisotopic (exact) mass is 528 g/mol. The number of anilines is 2. The van der Waals surface area contributed by atoms with Gasteiger partial charge in [-0.15, -0.1) is 0 Å². The summed E-state index contributed by atoms with van der Waals surface area (Å²) in [6, 6.07) is 22.0. The lowest BCUT2D eigenvalue weighted by Gasteiger charge is -2.15. The van der Waals surface area contributed by atoms with Gasteiger partial charge in [0.2, 0.25) is 0 Å². The number of nitriles is 2. The van der Waals surface area contributed by atoms with Crippen LogP contribution >= 0.6 is 0 Å². The number of nitrogen functional groups attached to an aromatic ring is 2. The molecule has 0 fully saturated rings. The molecule has 40 heavy (non-hydrogen) atoms. The highest BCUT2D eigenvalue weighted by Crippen LogP contribution is 2.34. The van der Waals surface area contributed by atoms with Gasteiger partial charge < -0.3 is 11.5 Å². The number of fused-ring (bicyclic) bond motifs is 2. The molecule has 4 heterocycles. The largest absolute Gasteiger partial charge is 0.383 e. The molecule has 194 valence electrons. The number of rotatable bonds is 5. The third-order valence-corrected chi connectivity index (χ3v) is 6.88. The van der Waals surface area contributed by atoms with Gasteiger partial charge in [-0.3, -0.25) is 28.9 Å². The van der Waals surface area contributed by atoms with Gasteiger partial charge in [-0.25, -0.2) is 0 Å². The van der Waals surface area contributed by atoms with E-state index < -0.39 is 11.1 Å². The van der Waals surface area contributed by atoms with Gasteiger partial charge in [-0.1, -0.05) is 60.7 Å². The molecule has 0 aliphatic rings. The Kier molecular flexibility index (Phi) is 5.63. The molecule has 0 spiro atoms. The van der Waals surface area contributed by atoms with Gasteiger partial charge in [-0.05, 0) is 11.1 Å². The number of nitrogens with one attached hydrogen (secondary N) is 2. The zero-order chi connectivity index (χ0) is 28.0. The van der Waals surface area contributed by atoms with Crippen molar-refractivity contribution in [2.75, 3.05) is 11.5 Å². The van der Waals surface area contributed by atoms with E-state index in [1.165, 1.54) is 9.13 Å². The Bertz CT molecular complexity index is 1980. The van der Waals surface area contributed by atoms with Gasteiger partial charge in [0.05, 0.1) is 10.8 Å². The van der Waals surface area contributed by atoms with Crippen molar-refractivity contribution in [1.29, 1.82) is 10.5 Å². The predicted octanol–water partition coefficient (Wildman–Crippen LogP) is 2.70. The van der Waals surface area contributed by atoms with E-state index in [9.17, 15) is 20.1 Å². The Hall–Kier alpha value is -6.14. The summed E-state index contributed by atoms with van der Waals surface area (Å²) in [5.74, 6) is 0.385. The standard InChI is InChI=1S/C28H20N10O2/c29-13-17-19(15-7-3-1-4-8-15)21-23(31)33-35-25(21)37(27(17)39)11-12-38-26-22(24(32)34-36-26)20(18(14-30)28(38)40)16-9-5-2-6-10-16/h1-10H,11-12H2,(H3,31,33,35)(H3,32,34,36). The lowest BCUT2D eigenvalue weighted by atomic mass is 9.98. The summed E-state index contributed by atoms with van der Waals surface area (Å²) in [6.07, 6.45) is 0. The molecule has 0 saturated carbocycles. The Balaban J connectivity index is 1.55. The fourth-order valence-electron chi connectivity index (χ4n) is 5.11. The molecule has 6 N–H and O–H groups in total. The van der Waals surface area contributed by atoms with Crippen LogP contribution in [0, 0.1) is 22.7 Å². The number of aromatic nitrogens is 6. The minimum absolute atomic E-state index is 0.0687. The molecule has 0 atom stereocenters. The van der Waals surface area contributed by atoms with E-state index in [1.807, 2.05) is 24.3 Å². The molecule has 6 aromatic rings. The van der Waals surface area contributed by atoms with Crippen LogP contribution in [0.2, 0.25) is 0 Å². The second-order valence-electron chi connectivity index (χ2n) is 9.04. The van der Waals surface area contributed by atoms with Crippen molar-refractivity contribution in [3.05, 3.63) is 92.5 Å². The third-order valence-electron chi connectivity index (χ3n) is 6.88. The number of hydrogen-bond acceptors (Lipinski definition) is 8. The number of H-pyrrole nitrogens is 2. The normalized spacial score (nSPS) is 11.1. The minimum atomic E-state index is -0.590. The second-order valence-corrected chi connectivity index (χ2v) is 9.04. The first-order valence-corrected chi connectivity index (χ1v) is 12.2. The van der Waals surface area contributed by atoms with Crippen molar-refractivity contribution < 1.29 is 0 Å². The Morgan fingerprint density at radius 2 is 1.05 bits per heavy atom. The summed E-state index contributed by atoms with van der Waals surface area (Å²) in [7, 11) is 0. The molecule has 12 nitrogen and oxygen atoms in total. The number of aryl methyl sites for hydroxylation is 2. The molecule has 6 rings (SSSR count). The van der Waals surface area contributed by atoms with Gasteiger partial charge in [0, 0.05) is 24.2 Å². The zero-order valence-corrected chi connectivity index (χ0v) is 20.8. The fourth-order valence-corrected chi connectivity index (χ4v) is 5.11. The highest BCUT2D eigenvalue weighted by molar-refractivity contribution is 6.03. The molecule has 0 bridgehead atoms. The lowest BCUT2D eigenvalue weighted by Crippen LogP contribution is -2.30. The van der Waals surface area contributed by atoms with E-state index >= 15 is 0 Å². The summed E-state index contributed by atoms with van der Waals surface area (Å²) < 4.78 is 2.58. The maximum Gasteiger partial charge on any atom is 0.270 e. The molecule has 4 aromatic heterocycles. The summed E-state index contributed by atoms with van der Waals surface area (Å²) in [6.45, 7) is -0.137. The average molecular weight is 529 g/mol. The quantitative estimate of drug-likeness (QED) is 0.261. The first-order chi connectivity index (χ1) is 19.5. The maximum absolute atomic E-state index is 13.6. The topological polar surface area (TPSA) is 201 Å². The number of nitrogens with zero attached hydrogens (tertiary/aromatic N) is 6. The number of benzene rings is 2. The van der Waals surface area contributed by atoms with Crippen molar-refractivity contribution in [2.45, 2.75) is 13.1 Å². The predicted molar refractivity (Wildman–Crippen MR) is 150 cm³/mol. The molecule has 2 aromatic carbocycles. The van der Waals surface area contributed by atoms with Gasteiger partial charge >= 0.3 is 0 Å². The Morgan fingerprint density at radius 1 is 0.675 bits per heavy atom. The number of hydrogen-bond donors (Lipinski definition) is 4. The minimum Gasteiger partial charge on any atom is -0.383 e. The number of aromatic amines is 2. The summed E-state index contributed by atoms with van der Waals surface area (Å²) >= 11 is 0. The Labute approximate surface area is 225 Å². The van der Waals surface area contributed by atoms with Crippen LogP contribution in [0.15, 0.2) is 70.3 Å². The van der Waals surface area contributed by atoms with Crippen molar-refractivity contribution >= 4 is 33.7 Å². The van der Waals surface area contributed by atoms with Crippen LogP contribution in [0.25, 0.3) is 44.3 Å². The lowest BCUT2D eigenvalue weighted by molar-refractivity contribution is 0.571. The smallest absolute Gasteiger partial charge is 0.270 e. The number of nitrogens with two attached hydrogens (primary N) is 2. The van der Waals surface area contributed by atoms with Crippen LogP contribution in [-0.4, -0.2) is 29.5 Å². The van der Waals surface area contributed by atoms with Gasteiger partial charge in [-0.2, -0.15) is 20.7 Å². The zero-order valence-electron chi connectivity index (χ0n) is 20.8. The molecular formula is C28H20N10O2. The van der Waals surface area contributed by atoms with E-state index in [1.54, 1.807) is 48.5 Å². The first kappa shape index (κ1) is 24.2. The van der Waals surface area contributed by atoms with Crippen molar-refractivity contribution in [2.24, 2.45) is 0 Å². The van der Waals surface area contributed by atoms with Crippen LogP contribution in [0.3, 0.4) is 0 Å². The molecule has 0 aliphatic heterocycles. The van der Waals surface area contributed by atoms with Crippen LogP contribution < -0.4 is 22.6 Å². The molecule has 12 heteroatoms. The van der Waals surface area contributed by atoms with E-state index in [4.69, 9.17) is 11.5 Å². The molecular weight excluding hydrogens is 508 g/mol. The van der Waals surface area contributed by atoms with Gasteiger partial charge in [0.25, 0.3) is 11.1 Å². The molecule has 0 unspecified atom stereocenters. The molecule has 0 aliphatic carbocycles. The van der Waals surface area contributed by atoms with Gasteiger partial charge in [0.1, 0.15) is 34.9 Å². The van der Waals surface area contributed by atoms with Crippen LogP contribution in [0.1, 0.15) is 11.1 Å².